The van der Waals surface area contributed by atoms with Crippen LogP contribution < -0.4 is 4.90 Å². The Hall–Kier alpha value is -1.59. The number of likely N-dealkylation sites (tertiary alicyclic amines) is 2. The summed E-state index contributed by atoms with van der Waals surface area (Å²) in [7, 11) is 0. The van der Waals surface area contributed by atoms with E-state index in [1.165, 1.54) is 24.1 Å². The van der Waals surface area contributed by atoms with E-state index >= 15 is 0 Å². The molecule has 0 spiro atoms. The molecule has 29 heavy (non-hydrogen) atoms. The Balaban J connectivity index is 1.34. The van der Waals surface area contributed by atoms with Crippen LogP contribution >= 0.6 is 0 Å². The molecule has 3 saturated heterocycles. The quantitative estimate of drug-likeness (QED) is 0.849. The molecule has 160 valence electrons. The SMILES string of the molecule is CC(=O)N1CCCC[C@H]2CN(CC3(O)CCN(c4ccccc4C)CC3)CC[C@H]21. The van der Waals surface area contributed by atoms with Crippen LogP contribution in [0.15, 0.2) is 24.3 Å². The Morgan fingerprint density at radius 2 is 1.86 bits per heavy atom. The lowest BCUT2D eigenvalue weighted by Gasteiger charge is -2.46. The molecule has 0 bridgehead atoms. The average molecular weight is 400 g/mol. The molecule has 1 amide bonds. The zero-order chi connectivity index (χ0) is 20.4. The molecule has 0 aliphatic carbocycles. The van der Waals surface area contributed by atoms with Crippen molar-refractivity contribution in [1.82, 2.24) is 9.80 Å². The van der Waals surface area contributed by atoms with Gasteiger partial charge < -0.3 is 19.8 Å². The van der Waals surface area contributed by atoms with Crippen molar-refractivity contribution in [2.45, 2.75) is 64.0 Å². The highest BCUT2D eigenvalue weighted by Crippen LogP contribution is 2.33. The zero-order valence-corrected chi connectivity index (χ0v) is 18.1. The van der Waals surface area contributed by atoms with Gasteiger partial charge in [-0.3, -0.25) is 4.79 Å². The van der Waals surface area contributed by atoms with Crippen molar-refractivity contribution in [3.8, 4) is 0 Å². The van der Waals surface area contributed by atoms with Gasteiger partial charge in [-0.05, 0) is 56.6 Å². The van der Waals surface area contributed by atoms with Crippen molar-refractivity contribution in [1.29, 1.82) is 0 Å². The number of aliphatic hydroxyl groups is 1. The lowest BCUT2D eigenvalue weighted by atomic mass is 9.85. The topological polar surface area (TPSA) is 47.0 Å². The molecule has 3 aliphatic rings. The van der Waals surface area contributed by atoms with E-state index in [1.54, 1.807) is 6.92 Å². The number of carbonyl (C=O) groups excluding carboxylic acids is 1. The monoisotopic (exact) mass is 399 g/mol. The van der Waals surface area contributed by atoms with Gasteiger partial charge in [-0.15, -0.1) is 0 Å². The minimum absolute atomic E-state index is 0.234. The molecule has 5 heteroatoms. The highest BCUT2D eigenvalue weighted by atomic mass is 16.3. The maximum absolute atomic E-state index is 12.1. The Morgan fingerprint density at radius 1 is 1.10 bits per heavy atom. The molecule has 3 heterocycles. The van der Waals surface area contributed by atoms with Crippen LogP contribution in [-0.4, -0.2) is 71.7 Å². The van der Waals surface area contributed by atoms with Gasteiger partial charge >= 0.3 is 0 Å². The van der Waals surface area contributed by atoms with E-state index in [0.717, 1.165) is 65.0 Å². The molecule has 5 nitrogen and oxygen atoms in total. The van der Waals surface area contributed by atoms with Gasteiger partial charge in [-0.1, -0.05) is 24.6 Å². The maximum Gasteiger partial charge on any atom is 0.219 e. The molecular formula is C24H37N3O2. The van der Waals surface area contributed by atoms with Gasteiger partial charge in [0.15, 0.2) is 0 Å². The van der Waals surface area contributed by atoms with Crippen LogP contribution in [-0.2, 0) is 4.79 Å². The number of β-amino-alcohol motifs (C(OH)–C–C–N with tert-alkyl or cyclic N) is 1. The van der Waals surface area contributed by atoms with Crippen molar-refractivity contribution in [2.75, 3.05) is 44.2 Å². The summed E-state index contributed by atoms with van der Waals surface area (Å²) in [4.78, 5) is 19.1. The molecule has 2 atom stereocenters. The van der Waals surface area contributed by atoms with E-state index in [9.17, 15) is 9.90 Å². The second kappa shape index (κ2) is 8.65. The van der Waals surface area contributed by atoms with Gasteiger partial charge in [0.2, 0.25) is 5.91 Å². The van der Waals surface area contributed by atoms with E-state index in [-0.39, 0.29) is 5.91 Å². The van der Waals surface area contributed by atoms with Crippen molar-refractivity contribution < 1.29 is 9.90 Å². The number of rotatable bonds is 3. The number of benzene rings is 1. The maximum atomic E-state index is 12.1. The summed E-state index contributed by atoms with van der Waals surface area (Å²) in [6.07, 6.45) is 6.26. The van der Waals surface area contributed by atoms with E-state index in [1.807, 2.05) is 0 Å². The first-order chi connectivity index (χ1) is 14.0. The molecule has 3 aliphatic heterocycles. The lowest BCUT2D eigenvalue weighted by molar-refractivity contribution is -0.133. The first kappa shape index (κ1) is 20.7. The second-order valence-corrected chi connectivity index (χ2v) is 9.56. The number of anilines is 1. The highest BCUT2D eigenvalue weighted by molar-refractivity contribution is 5.73. The van der Waals surface area contributed by atoms with Gasteiger partial charge in [0, 0.05) is 57.9 Å². The smallest absolute Gasteiger partial charge is 0.219 e. The molecule has 1 N–H and O–H groups in total. The fourth-order valence-corrected chi connectivity index (χ4v) is 5.83. The van der Waals surface area contributed by atoms with Gasteiger partial charge in [0.1, 0.15) is 0 Å². The Morgan fingerprint density at radius 3 is 2.59 bits per heavy atom. The summed E-state index contributed by atoms with van der Waals surface area (Å²) in [5, 5.41) is 11.3. The third-order valence-corrected chi connectivity index (χ3v) is 7.47. The number of para-hydroxylation sites is 1. The zero-order valence-electron chi connectivity index (χ0n) is 18.1. The van der Waals surface area contributed by atoms with Crippen LogP contribution in [0.1, 0.15) is 51.0 Å². The van der Waals surface area contributed by atoms with Crippen molar-refractivity contribution in [2.24, 2.45) is 5.92 Å². The van der Waals surface area contributed by atoms with E-state index in [4.69, 9.17) is 0 Å². The fourth-order valence-electron chi connectivity index (χ4n) is 5.83. The van der Waals surface area contributed by atoms with Crippen LogP contribution in [0.5, 0.6) is 0 Å². The van der Waals surface area contributed by atoms with Crippen molar-refractivity contribution >= 4 is 11.6 Å². The third kappa shape index (κ3) is 4.61. The van der Waals surface area contributed by atoms with Gasteiger partial charge in [-0.25, -0.2) is 0 Å². The first-order valence-corrected chi connectivity index (χ1v) is 11.5. The molecule has 0 saturated carbocycles. The summed E-state index contributed by atoms with van der Waals surface area (Å²) in [6, 6.07) is 8.95. The number of fused-ring (bicyclic) bond motifs is 1. The minimum atomic E-state index is -0.586. The number of hydrogen-bond donors (Lipinski definition) is 1. The molecule has 0 aromatic heterocycles. The van der Waals surface area contributed by atoms with E-state index in [2.05, 4.69) is 45.9 Å². The molecule has 3 fully saturated rings. The van der Waals surface area contributed by atoms with Crippen LogP contribution in [0.3, 0.4) is 0 Å². The van der Waals surface area contributed by atoms with Crippen LogP contribution in [0.4, 0.5) is 5.69 Å². The summed E-state index contributed by atoms with van der Waals surface area (Å²) >= 11 is 0. The number of piperidine rings is 2. The summed E-state index contributed by atoms with van der Waals surface area (Å²) < 4.78 is 0. The number of hydrogen-bond acceptors (Lipinski definition) is 4. The van der Waals surface area contributed by atoms with Crippen molar-refractivity contribution in [3.05, 3.63) is 29.8 Å². The number of carbonyl (C=O) groups is 1. The summed E-state index contributed by atoms with van der Waals surface area (Å²) in [5.74, 6) is 0.795. The number of nitrogens with zero attached hydrogens (tertiary/aromatic N) is 3. The fraction of sp³-hybridized carbons (Fsp3) is 0.708. The molecular weight excluding hydrogens is 362 g/mol. The van der Waals surface area contributed by atoms with Gasteiger partial charge in [0.25, 0.3) is 0 Å². The van der Waals surface area contributed by atoms with Gasteiger partial charge in [-0.2, -0.15) is 0 Å². The van der Waals surface area contributed by atoms with Crippen LogP contribution in [0.2, 0.25) is 0 Å². The molecule has 0 radical (unpaired) electrons. The van der Waals surface area contributed by atoms with E-state index in [0.29, 0.717) is 12.0 Å². The normalized spacial score (nSPS) is 28.0. The van der Waals surface area contributed by atoms with Gasteiger partial charge in [0.05, 0.1) is 5.60 Å². The third-order valence-electron chi connectivity index (χ3n) is 7.47. The highest BCUT2D eigenvalue weighted by Gasteiger charge is 2.39. The molecule has 1 aromatic rings. The van der Waals surface area contributed by atoms with Crippen LogP contribution in [0.25, 0.3) is 0 Å². The second-order valence-electron chi connectivity index (χ2n) is 9.56. The predicted octanol–water partition coefficient (Wildman–Crippen LogP) is 3.05. The summed E-state index contributed by atoms with van der Waals surface area (Å²) in [5.41, 5.74) is 2.03. The minimum Gasteiger partial charge on any atom is -0.388 e. The lowest BCUT2D eigenvalue weighted by Crippen LogP contribution is -2.56. The molecule has 1 aromatic carbocycles. The molecule has 4 rings (SSSR count). The Kier molecular flexibility index (Phi) is 6.16. The Labute approximate surface area is 175 Å². The predicted molar refractivity (Wildman–Crippen MR) is 117 cm³/mol. The number of amides is 1. The number of aryl methyl sites for hydroxylation is 1. The average Bonchev–Trinajstić information content (AvgIpc) is 2.91. The first-order valence-electron chi connectivity index (χ1n) is 11.5. The molecule has 0 unspecified atom stereocenters. The standard InChI is InChI=1S/C24H37N3O2/c1-19-7-3-4-9-22(19)26-15-11-24(29,12-16-26)18-25-14-10-23-21(17-25)8-5-6-13-27(23)20(2)28/h3-4,7,9,21,23,29H,5-6,8,10-18H2,1-2H3/t21-,23+/m0/s1. The van der Waals surface area contributed by atoms with E-state index < -0.39 is 5.60 Å². The van der Waals surface area contributed by atoms with Crippen LogP contribution in [0, 0.1) is 12.8 Å². The Bertz CT molecular complexity index is 714. The summed E-state index contributed by atoms with van der Waals surface area (Å²) in [6.45, 7) is 9.44. The largest absolute Gasteiger partial charge is 0.388 e. The van der Waals surface area contributed by atoms with Crippen molar-refractivity contribution in [3.63, 3.8) is 0 Å².